The Morgan fingerprint density at radius 2 is 1.71 bits per heavy atom. The van der Waals surface area contributed by atoms with Gasteiger partial charge in [-0.15, -0.1) is 0 Å². The number of aryl methyl sites for hydroxylation is 1. The van der Waals surface area contributed by atoms with Crippen molar-refractivity contribution in [3.8, 4) is 5.75 Å². The molecule has 176 valence electrons. The van der Waals surface area contributed by atoms with Crippen LogP contribution in [0.4, 0.5) is 16.2 Å². The van der Waals surface area contributed by atoms with Gasteiger partial charge in [-0.1, -0.05) is 29.8 Å². The number of nitro groups is 1. The molecule has 0 radical (unpaired) electrons. The Morgan fingerprint density at radius 3 is 2.37 bits per heavy atom. The number of barbiturate groups is 1. The number of non-ortho nitro benzene ring substituents is 1. The maximum absolute atomic E-state index is 13.1. The van der Waals surface area contributed by atoms with E-state index in [0.717, 1.165) is 10.5 Å². The molecule has 1 saturated heterocycles. The SMILES string of the molecule is Cc1ccc(Cl)cc1N1C(=O)NC(=O)/C(=C\c2ccc(OCc3ccc([N+](=O)[O-])cc3)cc2)C1=O. The smallest absolute Gasteiger partial charge is 0.335 e. The molecule has 1 aliphatic heterocycles. The van der Waals surface area contributed by atoms with Gasteiger partial charge in [0.25, 0.3) is 17.5 Å². The third kappa shape index (κ3) is 5.20. The van der Waals surface area contributed by atoms with Crippen molar-refractivity contribution >= 4 is 46.9 Å². The number of nitrogens with one attached hydrogen (secondary N) is 1. The number of carbonyl (C=O) groups is 3. The summed E-state index contributed by atoms with van der Waals surface area (Å²) in [4.78, 5) is 49.0. The normalized spacial score (nSPS) is 14.7. The van der Waals surface area contributed by atoms with E-state index in [0.29, 0.717) is 21.9 Å². The molecule has 35 heavy (non-hydrogen) atoms. The van der Waals surface area contributed by atoms with Crippen LogP contribution < -0.4 is 15.0 Å². The van der Waals surface area contributed by atoms with E-state index in [1.807, 2.05) is 0 Å². The standard InChI is InChI=1S/C25H18ClN3O6/c1-15-2-7-18(26)13-22(15)28-24(31)21(23(30)27-25(28)32)12-16-5-10-20(11-6-16)35-14-17-3-8-19(9-4-17)29(33)34/h2-13H,14H2,1H3,(H,27,30,32)/b21-12+. The first-order valence-electron chi connectivity index (χ1n) is 10.4. The Bertz CT molecular complexity index is 1370. The second-order valence-corrected chi connectivity index (χ2v) is 8.11. The minimum absolute atomic E-state index is 0.00164. The van der Waals surface area contributed by atoms with Gasteiger partial charge >= 0.3 is 6.03 Å². The number of hydrogen-bond acceptors (Lipinski definition) is 6. The largest absolute Gasteiger partial charge is 0.489 e. The average molecular weight is 492 g/mol. The molecule has 10 heteroatoms. The van der Waals surface area contributed by atoms with Crippen LogP contribution in [0, 0.1) is 17.0 Å². The molecule has 1 heterocycles. The fourth-order valence-corrected chi connectivity index (χ4v) is 3.57. The Hall–Kier alpha value is -4.50. The van der Waals surface area contributed by atoms with Gasteiger partial charge in [-0.2, -0.15) is 0 Å². The molecule has 0 aromatic heterocycles. The first kappa shape index (κ1) is 23.7. The van der Waals surface area contributed by atoms with Crippen LogP contribution in [0.2, 0.25) is 5.02 Å². The number of hydrogen-bond donors (Lipinski definition) is 1. The van der Waals surface area contributed by atoms with Gasteiger partial charge in [0.2, 0.25) is 0 Å². The summed E-state index contributed by atoms with van der Waals surface area (Å²) in [6, 6.07) is 16.6. The predicted molar refractivity (Wildman–Crippen MR) is 129 cm³/mol. The monoisotopic (exact) mass is 491 g/mol. The van der Waals surface area contributed by atoms with Crippen molar-refractivity contribution in [2.45, 2.75) is 13.5 Å². The molecule has 0 aliphatic carbocycles. The maximum atomic E-state index is 13.1. The van der Waals surface area contributed by atoms with Crippen LogP contribution >= 0.6 is 11.6 Å². The number of nitrogens with zero attached hydrogens (tertiary/aromatic N) is 2. The first-order chi connectivity index (χ1) is 16.7. The maximum Gasteiger partial charge on any atom is 0.335 e. The van der Waals surface area contributed by atoms with E-state index in [1.165, 1.54) is 24.3 Å². The molecule has 0 spiro atoms. The van der Waals surface area contributed by atoms with Gasteiger partial charge in [-0.25, -0.2) is 9.69 Å². The van der Waals surface area contributed by atoms with Crippen LogP contribution in [0.5, 0.6) is 5.75 Å². The van der Waals surface area contributed by atoms with Crippen molar-refractivity contribution in [1.82, 2.24) is 5.32 Å². The van der Waals surface area contributed by atoms with Crippen LogP contribution in [0.1, 0.15) is 16.7 Å². The number of nitro benzene ring substituents is 1. The fraction of sp³-hybridized carbons (Fsp3) is 0.0800. The first-order valence-corrected chi connectivity index (χ1v) is 10.7. The number of rotatable bonds is 6. The van der Waals surface area contributed by atoms with E-state index in [2.05, 4.69) is 5.32 Å². The van der Waals surface area contributed by atoms with E-state index < -0.39 is 22.8 Å². The van der Waals surface area contributed by atoms with Crippen LogP contribution in [0.15, 0.2) is 72.3 Å². The highest BCUT2D eigenvalue weighted by Crippen LogP contribution is 2.28. The number of amides is 4. The summed E-state index contributed by atoms with van der Waals surface area (Å²) >= 11 is 6.04. The van der Waals surface area contributed by atoms with Crippen molar-refractivity contribution in [2.75, 3.05) is 4.90 Å². The highest BCUT2D eigenvalue weighted by atomic mass is 35.5. The second kappa shape index (κ2) is 9.78. The molecular weight excluding hydrogens is 474 g/mol. The van der Waals surface area contributed by atoms with Crippen LogP contribution in [0.3, 0.4) is 0 Å². The molecule has 4 rings (SSSR count). The van der Waals surface area contributed by atoms with Gasteiger partial charge < -0.3 is 4.74 Å². The molecule has 4 amide bonds. The quantitative estimate of drug-likeness (QED) is 0.229. The zero-order valence-corrected chi connectivity index (χ0v) is 19.1. The van der Waals surface area contributed by atoms with Gasteiger partial charge in [0, 0.05) is 17.2 Å². The second-order valence-electron chi connectivity index (χ2n) is 7.67. The van der Waals surface area contributed by atoms with Crippen LogP contribution in [-0.4, -0.2) is 22.8 Å². The lowest BCUT2D eigenvalue weighted by Gasteiger charge is -2.27. The average Bonchev–Trinajstić information content (AvgIpc) is 2.83. The minimum atomic E-state index is -0.850. The topological polar surface area (TPSA) is 119 Å². The number of carbonyl (C=O) groups excluding carboxylic acids is 3. The van der Waals surface area contributed by atoms with Crippen molar-refractivity contribution in [3.05, 3.63) is 104 Å². The van der Waals surface area contributed by atoms with E-state index in [-0.39, 0.29) is 23.6 Å². The van der Waals surface area contributed by atoms with Gasteiger partial charge in [0.1, 0.15) is 17.9 Å². The number of urea groups is 1. The molecule has 3 aromatic rings. The van der Waals surface area contributed by atoms with Crippen LogP contribution in [-0.2, 0) is 16.2 Å². The zero-order valence-electron chi connectivity index (χ0n) is 18.4. The third-order valence-corrected chi connectivity index (χ3v) is 5.49. The summed E-state index contributed by atoms with van der Waals surface area (Å²) < 4.78 is 5.69. The summed E-state index contributed by atoms with van der Waals surface area (Å²) in [7, 11) is 0. The van der Waals surface area contributed by atoms with Gasteiger partial charge in [-0.05, 0) is 66.1 Å². The van der Waals surface area contributed by atoms with E-state index >= 15 is 0 Å². The molecule has 3 aromatic carbocycles. The lowest BCUT2D eigenvalue weighted by molar-refractivity contribution is -0.384. The Kier molecular flexibility index (Phi) is 6.61. The Morgan fingerprint density at radius 1 is 1.03 bits per heavy atom. The lowest BCUT2D eigenvalue weighted by atomic mass is 10.1. The number of benzene rings is 3. The van der Waals surface area contributed by atoms with Gasteiger partial charge in [0.15, 0.2) is 0 Å². The number of imide groups is 2. The molecular formula is C25H18ClN3O6. The fourth-order valence-electron chi connectivity index (χ4n) is 3.41. The third-order valence-electron chi connectivity index (χ3n) is 5.26. The number of halogens is 1. The minimum Gasteiger partial charge on any atom is -0.489 e. The summed E-state index contributed by atoms with van der Waals surface area (Å²) in [5, 5.41) is 13.3. The highest BCUT2D eigenvalue weighted by Gasteiger charge is 2.37. The molecule has 1 aliphatic rings. The Labute approximate surface area is 204 Å². The number of anilines is 1. The summed E-state index contributed by atoms with van der Waals surface area (Å²) in [6.07, 6.45) is 1.39. The summed E-state index contributed by atoms with van der Waals surface area (Å²) in [5.41, 5.74) is 2.02. The summed E-state index contributed by atoms with van der Waals surface area (Å²) in [5.74, 6) is -1.03. The molecule has 0 bridgehead atoms. The highest BCUT2D eigenvalue weighted by molar-refractivity contribution is 6.39. The lowest BCUT2D eigenvalue weighted by Crippen LogP contribution is -2.54. The van der Waals surface area contributed by atoms with E-state index in [1.54, 1.807) is 55.5 Å². The zero-order chi connectivity index (χ0) is 25.1. The van der Waals surface area contributed by atoms with Gasteiger partial charge in [0.05, 0.1) is 10.6 Å². The van der Waals surface area contributed by atoms with E-state index in [9.17, 15) is 24.5 Å². The predicted octanol–water partition coefficient (Wildman–Crippen LogP) is 4.80. The number of ether oxygens (including phenoxy) is 1. The molecule has 0 saturated carbocycles. The van der Waals surface area contributed by atoms with Crippen LogP contribution in [0.25, 0.3) is 6.08 Å². The molecule has 1 fully saturated rings. The summed E-state index contributed by atoms with van der Waals surface area (Å²) in [6.45, 7) is 1.93. The molecule has 1 N–H and O–H groups in total. The molecule has 0 atom stereocenters. The van der Waals surface area contributed by atoms with Crippen molar-refractivity contribution in [3.63, 3.8) is 0 Å². The molecule has 9 nitrogen and oxygen atoms in total. The van der Waals surface area contributed by atoms with Gasteiger partial charge in [-0.3, -0.25) is 25.0 Å². The van der Waals surface area contributed by atoms with Crippen molar-refractivity contribution < 1.29 is 24.0 Å². The van der Waals surface area contributed by atoms with Crippen molar-refractivity contribution in [2.24, 2.45) is 0 Å². The van der Waals surface area contributed by atoms with Crippen molar-refractivity contribution in [1.29, 1.82) is 0 Å². The van der Waals surface area contributed by atoms with E-state index in [4.69, 9.17) is 16.3 Å². The molecule has 0 unspecified atom stereocenters. The Balaban J connectivity index is 1.50.